The molecule has 0 bridgehead atoms. The first kappa shape index (κ1) is 7.15. The van der Waals surface area contributed by atoms with E-state index in [1.165, 1.54) is 6.34 Å². The summed E-state index contributed by atoms with van der Waals surface area (Å²) >= 11 is 0. The molecule has 62 valence electrons. The normalized spacial score (nSPS) is 24.3. The van der Waals surface area contributed by atoms with Crippen molar-refractivity contribution in [2.24, 2.45) is 25.7 Å². The molecule has 0 amide bonds. The Hall–Kier alpha value is -1.52. The summed E-state index contributed by atoms with van der Waals surface area (Å²) in [5.41, 5.74) is 5.90. The molecule has 0 saturated carbocycles. The third-order valence-corrected chi connectivity index (χ3v) is 1.77. The minimum Gasteiger partial charge on any atom is -0.368 e. The molecule has 12 heavy (non-hydrogen) atoms. The summed E-state index contributed by atoms with van der Waals surface area (Å²) in [4.78, 5) is 16.1. The molecule has 0 unspecified atom stereocenters. The van der Waals surface area contributed by atoms with Crippen LogP contribution in [-0.4, -0.2) is 29.4 Å². The van der Waals surface area contributed by atoms with Crippen LogP contribution < -0.4 is 5.73 Å². The van der Waals surface area contributed by atoms with Gasteiger partial charge in [0.15, 0.2) is 5.84 Å². The Balaban J connectivity index is 2.54. The average molecular weight is 163 g/mol. The molecule has 0 spiro atoms. The van der Waals surface area contributed by atoms with Crippen molar-refractivity contribution in [1.82, 2.24) is 0 Å². The molecule has 0 saturated heterocycles. The fourth-order valence-corrected chi connectivity index (χ4v) is 1.25. The fraction of sp³-hybridized carbons (Fsp3) is 0.429. The van der Waals surface area contributed by atoms with Crippen LogP contribution in [0, 0.1) is 0 Å². The quantitative estimate of drug-likeness (QED) is 0.535. The fourth-order valence-electron chi connectivity index (χ4n) is 1.25. The van der Waals surface area contributed by atoms with Gasteiger partial charge in [-0.05, 0) is 13.8 Å². The molecule has 2 heterocycles. The van der Waals surface area contributed by atoms with E-state index in [1.54, 1.807) is 0 Å². The SMILES string of the molecule is CC1(C)N=C(N)N=C2N=CN=C21. The van der Waals surface area contributed by atoms with Crippen molar-refractivity contribution in [3.05, 3.63) is 0 Å². The number of fused-ring (bicyclic) bond motifs is 1. The highest BCUT2D eigenvalue weighted by Gasteiger charge is 2.33. The zero-order valence-corrected chi connectivity index (χ0v) is 6.94. The summed E-state index contributed by atoms with van der Waals surface area (Å²) in [6.07, 6.45) is 1.48. The first-order valence-corrected chi connectivity index (χ1v) is 3.65. The number of aliphatic imine (C=N–C) groups is 4. The van der Waals surface area contributed by atoms with Gasteiger partial charge in [0.05, 0.1) is 0 Å². The van der Waals surface area contributed by atoms with E-state index in [0.29, 0.717) is 5.84 Å². The zero-order valence-electron chi connectivity index (χ0n) is 6.94. The first-order chi connectivity index (χ1) is 5.59. The van der Waals surface area contributed by atoms with Crippen LogP contribution >= 0.6 is 0 Å². The molecular formula is C7H9N5. The molecule has 2 aliphatic heterocycles. The molecule has 2 N–H and O–H groups in total. The third kappa shape index (κ3) is 0.861. The molecule has 5 nitrogen and oxygen atoms in total. The van der Waals surface area contributed by atoms with Gasteiger partial charge in [-0.25, -0.2) is 15.0 Å². The molecule has 0 aliphatic carbocycles. The predicted octanol–water partition coefficient (Wildman–Crippen LogP) is -0.0253. The van der Waals surface area contributed by atoms with Gasteiger partial charge in [-0.3, -0.25) is 0 Å². The van der Waals surface area contributed by atoms with E-state index in [0.717, 1.165) is 5.71 Å². The predicted molar refractivity (Wildman–Crippen MR) is 49.1 cm³/mol. The van der Waals surface area contributed by atoms with E-state index in [9.17, 15) is 0 Å². The largest absolute Gasteiger partial charge is 0.368 e. The molecule has 0 fully saturated rings. The lowest BCUT2D eigenvalue weighted by atomic mass is 9.97. The Morgan fingerprint density at radius 3 is 2.92 bits per heavy atom. The number of hydrogen-bond acceptors (Lipinski definition) is 5. The molecule has 5 heteroatoms. The van der Waals surface area contributed by atoms with Crippen LogP contribution in [0.15, 0.2) is 20.0 Å². The number of nitrogens with two attached hydrogens (primary N) is 1. The van der Waals surface area contributed by atoms with Crippen molar-refractivity contribution in [2.75, 3.05) is 0 Å². The van der Waals surface area contributed by atoms with Crippen LogP contribution in [0.1, 0.15) is 13.8 Å². The van der Waals surface area contributed by atoms with Gasteiger partial charge in [0.25, 0.3) is 0 Å². The standard InChI is InChI=1S/C7H9N5/c1-7(2)4-5(10-3-9-4)11-6(8)12-7/h3H,1-2H3,(H2,8,12). The van der Waals surface area contributed by atoms with E-state index >= 15 is 0 Å². The summed E-state index contributed by atoms with van der Waals surface area (Å²) < 4.78 is 0. The Labute approximate surface area is 69.8 Å². The summed E-state index contributed by atoms with van der Waals surface area (Å²) in [6, 6.07) is 0. The summed E-state index contributed by atoms with van der Waals surface area (Å²) in [5, 5.41) is 0. The van der Waals surface area contributed by atoms with E-state index in [1.807, 2.05) is 13.8 Å². The maximum absolute atomic E-state index is 5.50. The second-order valence-electron chi connectivity index (χ2n) is 3.19. The minimum atomic E-state index is -0.391. The van der Waals surface area contributed by atoms with Crippen LogP contribution in [0.3, 0.4) is 0 Å². The lowest BCUT2D eigenvalue weighted by Crippen LogP contribution is -2.40. The monoisotopic (exact) mass is 163 g/mol. The summed E-state index contributed by atoms with van der Waals surface area (Å²) in [5.74, 6) is 0.862. The lowest BCUT2D eigenvalue weighted by molar-refractivity contribution is 0.703. The van der Waals surface area contributed by atoms with Gasteiger partial charge >= 0.3 is 0 Å². The van der Waals surface area contributed by atoms with Gasteiger partial charge in [-0.15, -0.1) is 0 Å². The smallest absolute Gasteiger partial charge is 0.218 e. The zero-order chi connectivity index (χ0) is 8.77. The number of rotatable bonds is 0. The molecule has 2 aliphatic rings. The Morgan fingerprint density at radius 1 is 1.42 bits per heavy atom. The van der Waals surface area contributed by atoms with Crippen LogP contribution in [0.5, 0.6) is 0 Å². The van der Waals surface area contributed by atoms with Crippen molar-refractivity contribution in [3.8, 4) is 0 Å². The molecular weight excluding hydrogens is 154 g/mol. The molecule has 0 radical (unpaired) electrons. The van der Waals surface area contributed by atoms with E-state index in [2.05, 4.69) is 20.0 Å². The Morgan fingerprint density at radius 2 is 2.17 bits per heavy atom. The van der Waals surface area contributed by atoms with Crippen LogP contribution in [0.4, 0.5) is 0 Å². The lowest BCUT2D eigenvalue weighted by Gasteiger charge is -2.22. The molecule has 0 aromatic rings. The van der Waals surface area contributed by atoms with Gasteiger partial charge in [0.1, 0.15) is 17.6 Å². The van der Waals surface area contributed by atoms with Gasteiger partial charge in [-0.2, -0.15) is 4.99 Å². The van der Waals surface area contributed by atoms with Crippen LogP contribution in [0.25, 0.3) is 0 Å². The van der Waals surface area contributed by atoms with Crippen molar-refractivity contribution < 1.29 is 0 Å². The second-order valence-corrected chi connectivity index (χ2v) is 3.19. The Kier molecular flexibility index (Phi) is 1.19. The first-order valence-electron chi connectivity index (χ1n) is 3.65. The highest BCUT2D eigenvalue weighted by atomic mass is 15.2. The van der Waals surface area contributed by atoms with Crippen molar-refractivity contribution in [3.63, 3.8) is 0 Å². The van der Waals surface area contributed by atoms with Crippen molar-refractivity contribution >= 4 is 23.8 Å². The maximum atomic E-state index is 5.50. The average Bonchev–Trinajstić information content (AvgIpc) is 2.32. The molecule has 2 rings (SSSR count). The summed E-state index contributed by atoms with van der Waals surface area (Å²) in [6.45, 7) is 3.87. The maximum Gasteiger partial charge on any atom is 0.218 e. The molecule has 0 aromatic heterocycles. The molecule has 0 aromatic carbocycles. The minimum absolute atomic E-state index is 0.271. The number of amidine groups is 1. The highest BCUT2D eigenvalue weighted by molar-refractivity contribution is 6.51. The van der Waals surface area contributed by atoms with Gasteiger partial charge < -0.3 is 5.73 Å². The van der Waals surface area contributed by atoms with Crippen LogP contribution in [0.2, 0.25) is 0 Å². The van der Waals surface area contributed by atoms with Gasteiger partial charge in [0.2, 0.25) is 5.96 Å². The third-order valence-electron chi connectivity index (χ3n) is 1.77. The molecule has 0 atom stereocenters. The van der Waals surface area contributed by atoms with Gasteiger partial charge in [-0.1, -0.05) is 0 Å². The summed E-state index contributed by atoms with van der Waals surface area (Å²) in [7, 11) is 0. The van der Waals surface area contributed by atoms with E-state index < -0.39 is 5.54 Å². The van der Waals surface area contributed by atoms with Crippen LogP contribution in [-0.2, 0) is 0 Å². The van der Waals surface area contributed by atoms with Crippen molar-refractivity contribution in [1.29, 1.82) is 0 Å². The Bertz CT molecular complexity index is 345. The van der Waals surface area contributed by atoms with Gasteiger partial charge in [0, 0.05) is 0 Å². The second kappa shape index (κ2) is 2.00. The van der Waals surface area contributed by atoms with E-state index in [-0.39, 0.29) is 5.96 Å². The van der Waals surface area contributed by atoms with Crippen molar-refractivity contribution in [2.45, 2.75) is 19.4 Å². The number of nitrogens with zero attached hydrogens (tertiary/aromatic N) is 4. The number of hydrogen-bond donors (Lipinski definition) is 1. The topological polar surface area (TPSA) is 75.5 Å². The highest BCUT2D eigenvalue weighted by Crippen LogP contribution is 2.19. The number of guanidine groups is 1. The van der Waals surface area contributed by atoms with E-state index in [4.69, 9.17) is 5.73 Å².